The van der Waals surface area contributed by atoms with Crippen molar-refractivity contribution in [3.63, 3.8) is 0 Å². The van der Waals surface area contributed by atoms with Gasteiger partial charge in [-0.15, -0.1) is 0 Å². The number of carbonyl (C=O) groups is 2. The van der Waals surface area contributed by atoms with Gasteiger partial charge in [-0.05, 0) is 93.5 Å². The summed E-state index contributed by atoms with van der Waals surface area (Å²) >= 11 is 6.53. The van der Waals surface area contributed by atoms with E-state index in [9.17, 15) is 19.5 Å². The van der Waals surface area contributed by atoms with E-state index in [4.69, 9.17) is 16.3 Å². The van der Waals surface area contributed by atoms with Crippen molar-refractivity contribution in [2.45, 2.75) is 68.6 Å². The first-order valence-electron chi connectivity index (χ1n) is 16.6. The summed E-state index contributed by atoms with van der Waals surface area (Å²) in [7, 11) is -2.80. The number of piperidine rings is 1. The fraction of sp³-hybridized carbons (Fsp3) is 0.444. The number of halogens is 1. The molecule has 2 spiro atoms. The average Bonchev–Trinajstić information content (AvgIpc) is 3.59. The highest BCUT2D eigenvalue weighted by Gasteiger charge is 2.66. The van der Waals surface area contributed by atoms with Crippen LogP contribution in [0.1, 0.15) is 37.3 Å². The first-order valence-corrected chi connectivity index (χ1v) is 20.0. The molecule has 0 radical (unpaired) electrons. The fourth-order valence-electron chi connectivity index (χ4n) is 8.78. The number of hydrogen-bond acceptors (Lipinski definition) is 7. The Labute approximate surface area is 282 Å². The van der Waals surface area contributed by atoms with Crippen LogP contribution in [-0.4, -0.2) is 68.0 Å². The molecular formula is C36H43ClN4O5Si. The largest absolute Gasteiger partial charge is 0.432 e. The summed E-state index contributed by atoms with van der Waals surface area (Å²) < 4.78 is 6.70. The number of amides is 2. The Morgan fingerprint density at radius 2 is 1.70 bits per heavy atom. The van der Waals surface area contributed by atoms with E-state index in [-0.39, 0.29) is 36.4 Å². The number of ether oxygens (including phenoxy) is 1. The predicted molar refractivity (Wildman–Crippen MR) is 186 cm³/mol. The quantitative estimate of drug-likeness (QED) is 0.303. The van der Waals surface area contributed by atoms with Gasteiger partial charge in [0.05, 0.1) is 25.0 Å². The van der Waals surface area contributed by atoms with Gasteiger partial charge in [-0.2, -0.15) is 0 Å². The SMILES string of the molecule is C[C@H]1[C@H]([Si](C)(C)O)[C@@H](CCO)O[C@]12C(=O)N(Cc1cccc(N3CN(c4ccccc4)C4(CCNCC4)C3=O)c1)c1ccc(Cl)cc12. The van der Waals surface area contributed by atoms with Crippen LogP contribution in [-0.2, 0) is 26.5 Å². The molecule has 4 aliphatic heterocycles. The van der Waals surface area contributed by atoms with Gasteiger partial charge < -0.3 is 29.8 Å². The van der Waals surface area contributed by atoms with Crippen LogP contribution in [0.15, 0.2) is 72.8 Å². The number of benzene rings is 3. The van der Waals surface area contributed by atoms with Crippen LogP contribution in [0.5, 0.6) is 0 Å². The topological polar surface area (TPSA) is 106 Å². The van der Waals surface area contributed by atoms with Crippen LogP contribution in [0, 0.1) is 5.92 Å². The maximum absolute atomic E-state index is 14.7. The van der Waals surface area contributed by atoms with Crippen LogP contribution in [0.4, 0.5) is 17.1 Å². The van der Waals surface area contributed by atoms with Crippen molar-refractivity contribution in [2.75, 3.05) is 41.1 Å². The zero-order valence-corrected chi connectivity index (χ0v) is 28.9. The zero-order valence-electron chi connectivity index (χ0n) is 27.2. The van der Waals surface area contributed by atoms with Gasteiger partial charge in [-0.1, -0.05) is 48.9 Å². The monoisotopic (exact) mass is 674 g/mol. The van der Waals surface area contributed by atoms with Crippen LogP contribution < -0.4 is 20.0 Å². The molecule has 9 nitrogen and oxygen atoms in total. The number of aliphatic hydroxyl groups excluding tert-OH is 1. The van der Waals surface area contributed by atoms with Crippen LogP contribution >= 0.6 is 11.6 Å². The molecule has 0 unspecified atom stereocenters. The van der Waals surface area contributed by atoms with Crippen molar-refractivity contribution in [1.29, 1.82) is 0 Å². The first kappa shape index (κ1) is 32.3. The smallest absolute Gasteiger partial charge is 0.264 e. The Morgan fingerprint density at radius 3 is 2.40 bits per heavy atom. The van der Waals surface area contributed by atoms with Crippen LogP contribution in [0.3, 0.4) is 0 Å². The molecule has 3 saturated heterocycles. The van der Waals surface area contributed by atoms with Crippen molar-refractivity contribution >= 4 is 48.8 Å². The third kappa shape index (κ3) is 5.12. The van der Waals surface area contributed by atoms with Gasteiger partial charge in [0, 0.05) is 40.0 Å². The van der Waals surface area contributed by atoms with E-state index >= 15 is 0 Å². The van der Waals surface area contributed by atoms with Gasteiger partial charge in [0.15, 0.2) is 13.9 Å². The summed E-state index contributed by atoms with van der Waals surface area (Å²) in [6, 6.07) is 23.5. The van der Waals surface area contributed by atoms with Crippen LogP contribution in [0.25, 0.3) is 0 Å². The molecule has 0 bridgehead atoms. The standard InChI is InChI=1S/C36H43ClN4O5Si/c1-24-32(47(2,3)45)31(14-19-42)46-36(24)29-21-26(37)12-13-30(29)39(34(36)44)22-25-8-7-11-28(20-25)40-23-41(27-9-5-4-6-10-27)35(33(40)43)15-17-38-18-16-35/h4-13,20-21,24,31-32,38,42,45H,14-19,22-23H2,1-3H3/t24-,31+,32-,36+/m0/s1. The minimum absolute atomic E-state index is 0.0983. The van der Waals surface area contributed by atoms with Gasteiger partial charge in [0.25, 0.3) is 11.8 Å². The molecule has 0 aromatic heterocycles. The highest BCUT2D eigenvalue weighted by molar-refractivity contribution is 6.71. The molecule has 3 fully saturated rings. The van der Waals surface area contributed by atoms with E-state index < -0.39 is 25.6 Å². The number of rotatable bonds is 7. The molecular weight excluding hydrogens is 632 g/mol. The van der Waals surface area contributed by atoms with Gasteiger partial charge in [-0.3, -0.25) is 14.5 Å². The van der Waals surface area contributed by atoms with Gasteiger partial charge in [-0.25, -0.2) is 0 Å². The lowest BCUT2D eigenvalue weighted by molar-refractivity contribution is -0.146. The number of para-hydroxylation sites is 1. The summed E-state index contributed by atoms with van der Waals surface area (Å²) in [5.41, 5.74) is 1.93. The van der Waals surface area contributed by atoms with E-state index in [0.29, 0.717) is 23.7 Å². The normalized spacial score (nSPS) is 27.0. The highest BCUT2D eigenvalue weighted by atomic mass is 35.5. The molecule has 2 amide bonds. The molecule has 248 valence electrons. The fourth-order valence-corrected chi connectivity index (χ4v) is 11.6. The maximum atomic E-state index is 14.7. The Bertz CT molecular complexity index is 1680. The number of fused-ring (bicyclic) bond motifs is 2. The molecule has 3 aromatic rings. The van der Waals surface area contributed by atoms with E-state index in [1.807, 2.05) is 79.5 Å². The van der Waals surface area contributed by atoms with E-state index in [1.54, 1.807) is 11.0 Å². The van der Waals surface area contributed by atoms with Gasteiger partial charge >= 0.3 is 0 Å². The number of nitrogens with zero attached hydrogens (tertiary/aromatic N) is 3. The van der Waals surface area contributed by atoms with Crippen molar-refractivity contribution < 1.29 is 24.2 Å². The van der Waals surface area contributed by atoms with Crippen molar-refractivity contribution in [2.24, 2.45) is 5.92 Å². The van der Waals surface area contributed by atoms with E-state index in [1.165, 1.54) is 0 Å². The Balaban J connectivity index is 1.22. The average molecular weight is 675 g/mol. The third-order valence-electron chi connectivity index (χ3n) is 10.9. The number of nitrogens with one attached hydrogen (secondary N) is 1. The highest BCUT2D eigenvalue weighted by Crippen LogP contribution is 2.60. The minimum Gasteiger partial charge on any atom is -0.432 e. The second-order valence-corrected chi connectivity index (χ2v) is 18.4. The number of anilines is 3. The second kappa shape index (κ2) is 12.0. The summed E-state index contributed by atoms with van der Waals surface area (Å²) in [6.07, 6.45) is 1.33. The maximum Gasteiger partial charge on any atom is 0.264 e. The lowest BCUT2D eigenvalue weighted by atomic mass is 9.82. The molecule has 0 aliphatic carbocycles. The van der Waals surface area contributed by atoms with Crippen molar-refractivity contribution in [1.82, 2.24) is 5.32 Å². The van der Waals surface area contributed by atoms with E-state index in [0.717, 1.165) is 48.6 Å². The molecule has 3 aromatic carbocycles. The molecule has 11 heteroatoms. The molecule has 47 heavy (non-hydrogen) atoms. The molecule has 4 atom stereocenters. The minimum atomic E-state index is -2.80. The first-order chi connectivity index (χ1) is 22.5. The lowest BCUT2D eigenvalue weighted by Crippen LogP contribution is -2.55. The Morgan fingerprint density at radius 1 is 0.979 bits per heavy atom. The number of hydrogen-bond donors (Lipinski definition) is 3. The second-order valence-electron chi connectivity index (χ2n) is 14.0. The Kier molecular flexibility index (Phi) is 8.26. The molecule has 4 heterocycles. The van der Waals surface area contributed by atoms with Crippen LogP contribution in [0.2, 0.25) is 23.7 Å². The zero-order chi connectivity index (χ0) is 33.1. The van der Waals surface area contributed by atoms with E-state index in [2.05, 4.69) is 22.3 Å². The lowest BCUT2D eigenvalue weighted by Gasteiger charge is -2.39. The Hall–Kier alpha value is -3.25. The van der Waals surface area contributed by atoms with Gasteiger partial charge in [0.1, 0.15) is 5.54 Å². The van der Waals surface area contributed by atoms with Crippen molar-refractivity contribution in [3.05, 3.63) is 88.9 Å². The summed E-state index contributed by atoms with van der Waals surface area (Å²) in [5, 5.41) is 13.8. The van der Waals surface area contributed by atoms with Crippen molar-refractivity contribution in [3.8, 4) is 0 Å². The molecule has 0 saturated carbocycles. The molecule has 7 rings (SSSR count). The number of aliphatic hydroxyl groups is 1. The molecule has 3 N–H and O–H groups in total. The number of carbonyl (C=O) groups excluding carboxylic acids is 2. The molecule has 4 aliphatic rings. The third-order valence-corrected chi connectivity index (χ3v) is 13.6. The summed E-state index contributed by atoms with van der Waals surface area (Å²) in [5.74, 6) is -0.433. The predicted octanol–water partition coefficient (Wildman–Crippen LogP) is 5.00. The summed E-state index contributed by atoms with van der Waals surface area (Å²) in [4.78, 5) is 46.2. The summed E-state index contributed by atoms with van der Waals surface area (Å²) in [6.45, 7) is 7.89. The van der Waals surface area contributed by atoms with Gasteiger partial charge in [0.2, 0.25) is 0 Å².